The molecule has 1 aromatic heterocycles. The molecule has 0 atom stereocenters. The van der Waals surface area contributed by atoms with Gasteiger partial charge < -0.3 is 5.32 Å². The van der Waals surface area contributed by atoms with Crippen molar-refractivity contribution in [3.63, 3.8) is 0 Å². The van der Waals surface area contributed by atoms with E-state index in [0.29, 0.717) is 29.9 Å². The van der Waals surface area contributed by atoms with Gasteiger partial charge in [-0.1, -0.05) is 29.8 Å². The minimum Gasteiger partial charge on any atom is -0.322 e. The SMILES string of the molecule is Cc1ccc(S(=O)(=O)N2CCCCC2)cc1C(=O)Nc1cccc(-c2noc(=O)[nH]2)c1. The van der Waals surface area contributed by atoms with Crippen LogP contribution in [0.5, 0.6) is 0 Å². The van der Waals surface area contributed by atoms with Crippen LogP contribution < -0.4 is 11.1 Å². The first-order chi connectivity index (χ1) is 14.8. The summed E-state index contributed by atoms with van der Waals surface area (Å²) in [4.78, 5) is 26.7. The van der Waals surface area contributed by atoms with E-state index < -0.39 is 21.7 Å². The molecule has 1 fully saturated rings. The number of hydrogen-bond donors (Lipinski definition) is 2. The van der Waals surface area contributed by atoms with Gasteiger partial charge in [-0.2, -0.15) is 4.31 Å². The highest BCUT2D eigenvalue weighted by molar-refractivity contribution is 7.89. The van der Waals surface area contributed by atoms with E-state index in [-0.39, 0.29) is 16.3 Å². The number of carbonyl (C=O) groups is 1. The van der Waals surface area contributed by atoms with Gasteiger partial charge in [-0.05, 0) is 49.6 Å². The van der Waals surface area contributed by atoms with Gasteiger partial charge in [0.25, 0.3) is 5.91 Å². The number of aromatic amines is 1. The van der Waals surface area contributed by atoms with E-state index in [4.69, 9.17) is 0 Å². The number of nitrogens with zero attached hydrogens (tertiary/aromatic N) is 2. The molecule has 2 heterocycles. The molecule has 1 aliphatic heterocycles. The molecule has 1 aliphatic rings. The Bertz CT molecular complexity index is 1270. The number of aromatic nitrogens is 2. The summed E-state index contributed by atoms with van der Waals surface area (Å²) in [6, 6.07) is 11.3. The van der Waals surface area contributed by atoms with E-state index in [9.17, 15) is 18.0 Å². The Labute approximate surface area is 179 Å². The molecular weight excluding hydrogens is 420 g/mol. The molecular formula is C21H22N4O5S. The number of anilines is 1. The Morgan fingerprint density at radius 3 is 2.61 bits per heavy atom. The Morgan fingerprint density at radius 2 is 1.90 bits per heavy atom. The molecule has 1 saturated heterocycles. The largest absolute Gasteiger partial charge is 0.439 e. The lowest BCUT2D eigenvalue weighted by Crippen LogP contribution is -2.35. The fraction of sp³-hybridized carbons (Fsp3) is 0.286. The van der Waals surface area contributed by atoms with E-state index in [2.05, 4.69) is 20.0 Å². The molecule has 3 aromatic rings. The summed E-state index contributed by atoms with van der Waals surface area (Å²) in [5.41, 5.74) is 1.96. The summed E-state index contributed by atoms with van der Waals surface area (Å²) in [6.45, 7) is 2.74. The van der Waals surface area contributed by atoms with Gasteiger partial charge in [0.05, 0.1) is 4.90 Å². The quantitative estimate of drug-likeness (QED) is 0.626. The normalized spacial score (nSPS) is 15.0. The molecule has 9 nitrogen and oxygen atoms in total. The van der Waals surface area contributed by atoms with Gasteiger partial charge >= 0.3 is 5.76 Å². The van der Waals surface area contributed by atoms with E-state index in [1.807, 2.05) is 0 Å². The smallest absolute Gasteiger partial charge is 0.322 e. The Morgan fingerprint density at radius 1 is 1.13 bits per heavy atom. The second kappa shape index (κ2) is 8.48. The zero-order chi connectivity index (χ0) is 22.0. The van der Waals surface area contributed by atoms with Crippen molar-refractivity contribution >= 4 is 21.6 Å². The first-order valence-electron chi connectivity index (χ1n) is 9.93. The van der Waals surface area contributed by atoms with Gasteiger partial charge in [0.15, 0.2) is 5.82 Å². The number of carbonyl (C=O) groups excluding carboxylic acids is 1. The highest BCUT2D eigenvalue weighted by Crippen LogP contribution is 2.24. The number of benzene rings is 2. The van der Waals surface area contributed by atoms with E-state index in [1.54, 1.807) is 37.3 Å². The molecule has 0 radical (unpaired) electrons. The van der Waals surface area contributed by atoms with Gasteiger partial charge in [-0.25, -0.2) is 13.2 Å². The summed E-state index contributed by atoms with van der Waals surface area (Å²) in [6.07, 6.45) is 2.70. The maximum atomic E-state index is 13.0. The summed E-state index contributed by atoms with van der Waals surface area (Å²) < 4.78 is 32.0. The van der Waals surface area contributed by atoms with E-state index in [0.717, 1.165) is 19.3 Å². The molecule has 0 bridgehead atoms. The topological polar surface area (TPSA) is 125 Å². The van der Waals surface area contributed by atoms with Gasteiger partial charge in [-0.3, -0.25) is 14.3 Å². The van der Waals surface area contributed by atoms with Crippen molar-refractivity contribution in [2.75, 3.05) is 18.4 Å². The van der Waals surface area contributed by atoms with Crippen molar-refractivity contribution in [1.82, 2.24) is 14.4 Å². The van der Waals surface area contributed by atoms with Crippen LogP contribution in [0.15, 0.2) is 56.7 Å². The van der Waals surface area contributed by atoms with Gasteiger partial charge in [0.2, 0.25) is 10.0 Å². The summed E-state index contributed by atoms with van der Waals surface area (Å²) >= 11 is 0. The van der Waals surface area contributed by atoms with Crippen molar-refractivity contribution in [2.24, 2.45) is 0 Å². The average molecular weight is 442 g/mol. The predicted molar refractivity (Wildman–Crippen MR) is 114 cm³/mol. The zero-order valence-electron chi connectivity index (χ0n) is 16.9. The van der Waals surface area contributed by atoms with Gasteiger partial charge in [-0.15, -0.1) is 0 Å². The molecule has 1 amide bonds. The number of piperidine rings is 1. The maximum absolute atomic E-state index is 13.0. The zero-order valence-corrected chi connectivity index (χ0v) is 17.7. The van der Waals surface area contributed by atoms with Gasteiger partial charge in [0.1, 0.15) is 0 Å². The monoisotopic (exact) mass is 442 g/mol. The molecule has 0 saturated carbocycles. The number of aryl methyl sites for hydroxylation is 1. The third-order valence-electron chi connectivity index (χ3n) is 5.24. The highest BCUT2D eigenvalue weighted by Gasteiger charge is 2.27. The third kappa shape index (κ3) is 4.44. The number of sulfonamides is 1. The molecule has 162 valence electrons. The molecule has 10 heteroatoms. The van der Waals surface area contributed by atoms with Crippen LogP contribution >= 0.6 is 0 Å². The molecule has 0 aliphatic carbocycles. The minimum atomic E-state index is -3.65. The number of amides is 1. The van der Waals surface area contributed by atoms with Crippen LogP contribution in [0.25, 0.3) is 11.4 Å². The lowest BCUT2D eigenvalue weighted by Gasteiger charge is -2.26. The van der Waals surface area contributed by atoms with Crippen molar-refractivity contribution in [3.05, 3.63) is 64.1 Å². The first kappa shape index (κ1) is 21.0. The van der Waals surface area contributed by atoms with Crippen molar-refractivity contribution in [3.8, 4) is 11.4 Å². The van der Waals surface area contributed by atoms with Crippen molar-refractivity contribution in [2.45, 2.75) is 31.1 Å². The summed E-state index contributed by atoms with van der Waals surface area (Å²) in [5.74, 6) is -0.863. The Balaban J connectivity index is 1.59. The summed E-state index contributed by atoms with van der Waals surface area (Å²) in [5, 5.41) is 6.41. The van der Waals surface area contributed by atoms with Crippen LogP contribution in [0.1, 0.15) is 35.2 Å². The van der Waals surface area contributed by atoms with Crippen LogP contribution in [-0.4, -0.2) is 41.9 Å². The highest BCUT2D eigenvalue weighted by atomic mass is 32.2. The predicted octanol–water partition coefficient (Wildman–Crippen LogP) is 2.77. The second-order valence-electron chi connectivity index (χ2n) is 7.42. The molecule has 0 spiro atoms. The fourth-order valence-electron chi connectivity index (χ4n) is 3.56. The second-order valence-corrected chi connectivity index (χ2v) is 9.36. The summed E-state index contributed by atoms with van der Waals surface area (Å²) in [7, 11) is -3.65. The lowest BCUT2D eigenvalue weighted by atomic mass is 10.1. The van der Waals surface area contributed by atoms with Crippen LogP contribution in [0, 0.1) is 6.92 Å². The molecule has 2 N–H and O–H groups in total. The fourth-order valence-corrected chi connectivity index (χ4v) is 5.10. The van der Waals surface area contributed by atoms with Crippen LogP contribution in [0.3, 0.4) is 0 Å². The Kier molecular flexibility index (Phi) is 5.75. The van der Waals surface area contributed by atoms with E-state index in [1.165, 1.54) is 16.4 Å². The average Bonchev–Trinajstić information content (AvgIpc) is 3.21. The van der Waals surface area contributed by atoms with Gasteiger partial charge in [0, 0.05) is 29.9 Å². The molecule has 31 heavy (non-hydrogen) atoms. The van der Waals surface area contributed by atoms with Crippen molar-refractivity contribution in [1.29, 1.82) is 0 Å². The van der Waals surface area contributed by atoms with Crippen LogP contribution in [0.2, 0.25) is 0 Å². The lowest BCUT2D eigenvalue weighted by molar-refractivity contribution is 0.102. The Hall–Kier alpha value is -3.24. The first-order valence-corrected chi connectivity index (χ1v) is 11.4. The van der Waals surface area contributed by atoms with Crippen molar-refractivity contribution < 1.29 is 17.7 Å². The van der Waals surface area contributed by atoms with Crippen LogP contribution in [0.4, 0.5) is 5.69 Å². The van der Waals surface area contributed by atoms with Crippen LogP contribution in [-0.2, 0) is 10.0 Å². The minimum absolute atomic E-state index is 0.110. The van der Waals surface area contributed by atoms with E-state index >= 15 is 0 Å². The molecule has 0 unspecified atom stereocenters. The number of rotatable bonds is 5. The molecule has 2 aromatic carbocycles. The number of H-pyrrole nitrogens is 1. The third-order valence-corrected chi connectivity index (χ3v) is 7.14. The molecule has 4 rings (SSSR count). The number of hydrogen-bond acceptors (Lipinski definition) is 6. The number of nitrogens with one attached hydrogen (secondary N) is 2. The standard InChI is InChI=1S/C21H22N4O5S/c1-14-8-9-17(31(28,29)25-10-3-2-4-11-25)13-18(14)20(26)22-16-7-5-6-15(12-16)19-23-21(27)30-24-19/h5-9,12-13H,2-4,10-11H2,1H3,(H,22,26)(H,23,24,27). The maximum Gasteiger partial charge on any atom is 0.439 e.